The van der Waals surface area contributed by atoms with E-state index in [0.29, 0.717) is 11.8 Å². The van der Waals surface area contributed by atoms with Crippen molar-refractivity contribution in [2.75, 3.05) is 45.8 Å². The number of piperazine rings is 1. The molecule has 2 rings (SSSR count). The maximum Gasteiger partial charge on any atom is 0.230 e. The molecule has 2 saturated heterocycles. The average molecular weight is 265 g/mol. The molecule has 1 atom stereocenters. The molecular weight excluding hydrogens is 238 g/mol. The number of rotatable bonds is 4. The van der Waals surface area contributed by atoms with Crippen LogP contribution in [-0.2, 0) is 4.79 Å². The van der Waals surface area contributed by atoms with E-state index in [9.17, 15) is 4.79 Å². The van der Waals surface area contributed by atoms with Gasteiger partial charge in [0.15, 0.2) is 0 Å². The van der Waals surface area contributed by atoms with Crippen LogP contribution in [0.4, 0.5) is 0 Å². The maximum absolute atomic E-state index is 12.9. The van der Waals surface area contributed by atoms with Crippen molar-refractivity contribution in [3.63, 3.8) is 0 Å². The molecule has 2 heterocycles. The minimum absolute atomic E-state index is 0.166. The fourth-order valence-corrected chi connectivity index (χ4v) is 3.26. The molecule has 1 amide bonds. The minimum atomic E-state index is -0.166. The number of carbonyl (C=O) groups excluding carboxylic acids is 1. The van der Waals surface area contributed by atoms with Gasteiger partial charge in [0, 0.05) is 39.3 Å². The summed E-state index contributed by atoms with van der Waals surface area (Å²) in [5.74, 6) is 0.770. The van der Waals surface area contributed by atoms with E-state index in [1.54, 1.807) is 0 Å². The lowest BCUT2D eigenvalue weighted by Crippen LogP contribution is -2.55. The largest absolute Gasteiger partial charge is 0.340 e. The van der Waals surface area contributed by atoms with Crippen molar-refractivity contribution in [1.29, 1.82) is 0 Å². The Balaban J connectivity index is 1.98. The molecule has 2 aliphatic heterocycles. The molecule has 2 fully saturated rings. The number of carbonyl (C=O) groups is 1. The molecule has 4 nitrogen and oxygen atoms in total. The number of hydrogen-bond donors (Lipinski definition) is 1. The van der Waals surface area contributed by atoms with Gasteiger partial charge in [0.05, 0.1) is 5.41 Å². The predicted molar refractivity (Wildman–Crippen MR) is 78.0 cm³/mol. The van der Waals surface area contributed by atoms with E-state index in [1.807, 2.05) is 6.08 Å². The Hall–Kier alpha value is -0.870. The second-order valence-electron chi connectivity index (χ2n) is 6.12. The zero-order valence-electron chi connectivity index (χ0n) is 12.3. The molecule has 19 heavy (non-hydrogen) atoms. The van der Waals surface area contributed by atoms with Crippen LogP contribution in [0.15, 0.2) is 12.7 Å². The number of amides is 1. The van der Waals surface area contributed by atoms with Gasteiger partial charge in [0.25, 0.3) is 0 Å². The third-order valence-electron chi connectivity index (χ3n) is 4.77. The van der Waals surface area contributed by atoms with Crippen LogP contribution in [0, 0.1) is 11.3 Å². The standard InChI is InChI=1S/C15H27N3O/c1-4-7-17-8-10-18(11-9-17)14(19)15(13(2)3)5-6-16-12-15/h4,13,16H,1,5-12H2,2-3H3. The smallest absolute Gasteiger partial charge is 0.230 e. The summed E-state index contributed by atoms with van der Waals surface area (Å²) in [4.78, 5) is 17.3. The van der Waals surface area contributed by atoms with Crippen LogP contribution in [0.2, 0.25) is 0 Å². The molecule has 0 aromatic heterocycles. The monoisotopic (exact) mass is 265 g/mol. The van der Waals surface area contributed by atoms with E-state index in [0.717, 1.165) is 52.2 Å². The molecule has 0 aromatic carbocycles. The molecule has 0 bridgehead atoms. The first-order valence-corrected chi connectivity index (χ1v) is 7.43. The Kier molecular flexibility index (Phi) is 4.63. The van der Waals surface area contributed by atoms with Crippen LogP contribution in [0.3, 0.4) is 0 Å². The van der Waals surface area contributed by atoms with Crippen LogP contribution in [0.5, 0.6) is 0 Å². The first kappa shape index (κ1) is 14.5. The zero-order chi connectivity index (χ0) is 13.9. The molecule has 1 unspecified atom stereocenters. The molecule has 0 radical (unpaired) electrons. The highest BCUT2D eigenvalue weighted by Crippen LogP contribution is 2.36. The molecule has 0 aliphatic carbocycles. The lowest BCUT2D eigenvalue weighted by molar-refractivity contribution is -0.145. The Morgan fingerprint density at radius 2 is 2.05 bits per heavy atom. The minimum Gasteiger partial charge on any atom is -0.340 e. The summed E-state index contributed by atoms with van der Waals surface area (Å²) in [6, 6.07) is 0. The summed E-state index contributed by atoms with van der Waals surface area (Å²) in [7, 11) is 0. The highest BCUT2D eigenvalue weighted by Gasteiger charge is 2.46. The van der Waals surface area contributed by atoms with E-state index in [2.05, 4.69) is 35.5 Å². The van der Waals surface area contributed by atoms with Crippen molar-refractivity contribution in [2.45, 2.75) is 20.3 Å². The number of nitrogens with zero attached hydrogens (tertiary/aromatic N) is 2. The van der Waals surface area contributed by atoms with Crippen molar-refractivity contribution < 1.29 is 4.79 Å². The summed E-state index contributed by atoms with van der Waals surface area (Å²) in [5.41, 5.74) is -0.166. The zero-order valence-corrected chi connectivity index (χ0v) is 12.3. The quantitative estimate of drug-likeness (QED) is 0.769. The maximum atomic E-state index is 12.9. The molecule has 0 aromatic rings. The molecule has 4 heteroatoms. The van der Waals surface area contributed by atoms with Crippen molar-refractivity contribution >= 4 is 5.91 Å². The molecule has 0 saturated carbocycles. The van der Waals surface area contributed by atoms with Crippen LogP contribution in [0.1, 0.15) is 20.3 Å². The molecule has 0 spiro atoms. The molecular formula is C15H27N3O. The van der Waals surface area contributed by atoms with Gasteiger partial charge in [-0.15, -0.1) is 6.58 Å². The fourth-order valence-electron chi connectivity index (χ4n) is 3.26. The molecule has 108 valence electrons. The Bertz CT molecular complexity index is 326. The third-order valence-corrected chi connectivity index (χ3v) is 4.77. The van der Waals surface area contributed by atoms with Crippen LogP contribution < -0.4 is 5.32 Å². The first-order valence-electron chi connectivity index (χ1n) is 7.43. The highest BCUT2D eigenvalue weighted by atomic mass is 16.2. The Morgan fingerprint density at radius 1 is 1.37 bits per heavy atom. The van der Waals surface area contributed by atoms with E-state index in [-0.39, 0.29) is 5.41 Å². The van der Waals surface area contributed by atoms with Gasteiger partial charge in [0.2, 0.25) is 5.91 Å². The van der Waals surface area contributed by atoms with E-state index in [1.165, 1.54) is 0 Å². The van der Waals surface area contributed by atoms with Gasteiger partial charge in [-0.05, 0) is 18.9 Å². The van der Waals surface area contributed by atoms with Crippen molar-refractivity contribution in [1.82, 2.24) is 15.1 Å². The van der Waals surface area contributed by atoms with Crippen molar-refractivity contribution in [2.24, 2.45) is 11.3 Å². The highest BCUT2D eigenvalue weighted by molar-refractivity contribution is 5.84. The van der Waals surface area contributed by atoms with Gasteiger partial charge < -0.3 is 10.2 Å². The Morgan fingerprint density at radius 3 is 2.53 bits per heavy atom. The van der Waals surface area contributed by atoms with E-state index < -0.39 is 0 Å². The second kappa shape index (κ2) is 6.06. The van der Waals surface area contributed by atoms with Gasteiger partial charge in [-0.2, -0.15) is 0 Å². The number of hydrogen-bond acceptors (Lipinski definition) is 3. The van der Waals surface area contributed by atoms with Gasteiger partial charge >= 0.3 is 0 Å². The Labute approximate surface area is 116 Å². The van der Waals surface area contributed by atoms with E-state index in [4.69, 9.17) is 0 Å². The van der Waals surface area contributed by atoms with Gasteiger partial charge in [0.1, 0.15) is 0 Å². The molecule has 2 aliphatic rings. The topological polar surface area (TPSA) is 35.6 Å². The third kappa shape index (κ3) is 2.84. The summed E-state index contributed by atoms with van der Waals surface area (Å²) < 4.78 is 0. The van der Waals surface area contributed by atoms with Gasteiger partial charge in [-0.25, -0.2) is 0 Å². The normalized spacial score (nSPS) is 28.9. The lowest BCUT2D eigenvalue weighted by Gasteiger charge is -2.41. The summed E-state index contributed by atoms with van der Waals surface area (Å²) in [6.45, 7) is 14.5. The van der Waals surface area contributed by atoms with Gasteiger partial charge in [-0.1, -0.05) is 19.9 Å². The van der Waals surface area contributed by atoms with Crippen LogP contribution >= 0.6 is 0 Å². The van der Waals surface area contributed by atoms with Gasteiger partial charge in [-0.3, -0.25) is 9.69 Å². The SMILES string of the molecule is C=CCN1CCN(C(=O)C2(C(C)C)CCNC2)CC1. The second-order valence-corrected chi connectivity index (χ2v) is 6.12. The van der Waals surface area contributed by atoms with Crippen LogP contribution in [0.25, 0.3) is 0 Å². The van der Waals surface area contributed by atoms with Crippen molar-refractivity contribution in [3.8, 4) is 0 Å². The average Bonchev–Trinajstić information content (AvgIpc) is 2.90. The summed E-state index contributed by atoms with van der Waals surface area (Å²) in [6.07, 6.45) is 2.92. The predicted octanol–water partition coefficient (Wildman–Crippen LogP) is 0.952. The summed E-state index contributed by atoms with van der Waals surface area (Å²) >= 11 is 0. The van der Waals surface area contributed by atoms with Crippen LogP contribution in [-0.4, -0.2) is 61.5 Å². The molecule has 1 N–H and O–H groups in total. The lowest BCUT2D eigenvalue weighted by atomic mass is 9.75. The van der Waals surface area contributed by atoms with Crippen molar-refractivity contribution in [3.05, 3.63) is 12.7 Å². The summed E-state index contributed by atoms with van der Waals surface area (Å²) in [5, 5.41) is 3.37. The number of nitrogens with one attached hydrogen (secondary N) is 1. The fraction of sp³-hybridized carbons (Fsp3) is 0.800. The first-order chi connectivity index (χ1) is 9.10. The van der Waals surface area contributed by atoms with E-state index >= 15 is 0 Å².